The molecule has 0 unspecified atom stereocenters. The number of aromatic nitrogens is 1. The van der Waals surface area contributed by atoms with Crippen LogP contribution in [-0.2, 0) is 6.42 Å². The maximum absolute atomic E-state index is 11.2. The van der Waals surface area contributed by atoms with Crippen LogP contribution in [0.3, 0.4) is 0 Å². The SMILES string of the molecule is CCc1sc(N(C)C)nc1C(C)=O. The van der Waals surface area contributed by atoms with Gasteiger partial charge in [-0.2, -0.15) is 0 Å². The van der Waals surface area contributed by atoms with E-state index in [1.54, 1.807) is 18.3 Å². The Bertz CT molecular complexity index is 317. The normalized spacial score (nSPS) is 10.2. The Labute approximate surface area is 82.4 Å². The molecule has 1 aromatic rings. The second kappa shape index (κ2) is 3.87. The number of ketones is 1. The second-order valence-corrected chi connectivity index (χ2v) is 4.13. The van der Waals surface area contributed by atoms with E-state index in [0.717, 1.165) is 16.4 Å². The van der Waals surface area contributed by atoms with Gasteiger partial charge in [0.05, 0.1) is 0 Å². The first-order valence-corrected chi connectivity index (χ1v) is 5.05. The fraction of sp³-hybridized carbons (Fsp3) is 0.556. The number of rotatable bonds is 3. The molecule has 72 valence electrons. The monoisotopic (exact) mass is 198 g/mol. The summed E-state index contributed by atoms with van der Waals surface area (Å²) >= 11 is 1.59. The van der Waals surface area contributed by atoms with Crippen LogP contribution in [0.2, 0.25) is 0 Å². The van der Waals surface area contributed by atoms with Crippen LogP contribution < -0.4 is 4.90 Å². The average molecular weight is 198 g/mol. The molecular formula is C9H14N2OS. The second-order valence-electron chi connectivity index (χ2n) is 3.07. The molecule has 1 aromatic heterocycles. The van der Waals surface area contributed by atoms with Crippen molar-refractivity contribution in [3.63, 3.8) is 0 Å². The number of thiazole rings is 1. The van der Waals surface area contributed by atoms with Gasteiger partial charge in [0, 0.05) is 25.9 Å². The molecule has 0 radical (unpaired) electrons. The smallest absolute Gasteiger partial charge is 0.185 e. The Balaban J connectivity index is 3.11. The minimum atomic E-state index is 0.0567. The maximum Gasteiger partial charge on any atom is 0.185 e. The molecule has 0 saturated heterocycles. The predicted octanol–water partition coefficient (Wildman–Crippen LogP) is 1.97. The van der Waals surface area contributed by atoms with Gasteiger partial charge in [0.2, 0.25) is 0 Å². The van der Waals surface area contributed by atoms with E-state index in [2.05, 4.69) is 4.98 Å². The van der Waals surface area contributed by atoms with Crippen LogP contribution in [0.4, 0.5) is 5.13 Å². The lowest BCUT2D eigenvalue weighted by molar-refractivity contribution is 0.101. The molecular weight excluding hydrogens is 184 g/mol. The molecule has 0 fully saturated rings. The number of hydrogen-bond donors (Lipinski definition) is 0. The van der Waals surface area contributed by atoms with Crippen molar-refractivity contribution in [2.75, 3.05) is 19.0 Å². The summed E-state index contributed by atoms with van der Waals surface area (Å²) < 4.78 is 0. The van der Waals surface area contributed by atoms with Crippen LogP contribution in [0.5, 0.6) is 0 Å². The molecule has 0 aromatic carbocycles. The Hall–Kier alpha value is -0.900. The number of hydrogen-bond acceptors (Lipinski definition) is 4. The lowest BCUT2D eigenvalue weighted by Gasteiger charge is -2.04. The van der Waals surface area contributed by atoms with E-state index in [9.17, 15) is 4.79 Å². The number of carbonyl (C=O) groups is 1. The largest absolute Gasteiger partial charge is 0.354 e. The molecule has 13 heavy (non-hydrogen) atoms. The molecule has 0 atom stereocenters. The van der Waals surface area contributed by atoms with E-state index in [0.29, 0.717) is 5.69 Å². The molecule has 1 heterocycles. The predicted molar refractivity (Wildman–Crippen MR) is 55.8 cm³/mol. The molecule has 3 nitrogen and oxygen atoms in total. The van der Waals surface area contributed by atoms with Crippen LogP contribution in [0.25, 0.3) is 0 Å². The minimum Gasteiger partial charge on any atom is -0.354 e. The van der Waals surface area contributed by atoms with Gasteiger partial charge in [-0.05, 0) is 6.42 Å². The van der Waals surface area contributed by atoms with Crippen molar-refractivity contribution in [2.24, 2.45) is 0 Å². The molecule has 0 aliphatic rings. The van der Waals surface area contributed by atoms with Crippen LogP contribution in [-0.4, -0.2) is 24.9 Å². The fourth-order valence-electron chi connectivity index (χ4n) is 1.05. The van der Waals surface area contributed by atoms with E-state index in [1.807, 2.05) is 25.9 Å². The zero-order valence-electron chi connectivity index (χ0n) is 8.42. The standard InChI is InChI=1S/C9H14N2OS/c1-5-7-8(6(2)12)10-9(13-7)11(3)4/h5H2,1-4H3. The number of aryl methyl sites for hydroxylation is 1. The summed E-state index contributed by atoms with van der Waals surface area (Å²) in [6, 6.07) is 0. The van der Waals surface area contributed by atoms with E-state index < -0.39 is 0 Å². The van der Waals surface area contributed by atoms with Crippen molar-refractivity contribution < 1.29 is 4.79 Å². The van der Waals surface area contributed by atoms with Gasteiger partial charge in [-0.1, -0.05) is 6.92 Å². The lowest BCUT2D eigenvalue weighted by Crippen LogP contribution is -2.08. The minimum absolute atomic E-state index is 0.0567. The highest BCUT2D eigenvalue weighted by molar-refractivity contribution is 7.15. The zero-order chi connectivity index (χ0) is 10.0. The Kier molecular flexibility index (Phi) is 3.03. The molecule has 0 aliphatic heterocycles. The number of anilines is 1. The van der Waals surface area contributed by atoms with E-state index in [-0.39, 0.29) is 5.78 Å². The van der Waals surface area contributed by atoms with Crippen molar-refractivity contribution >= 4 is 22.3 Å². The molecule has 0 aliphatic carbocycles. The van der Waals surface area contributed by atoms with Crippen LogP contribution in [0, 0.1) is 0 Å². The van der Waals surface area contributed by atoms with Crippen molar-refractivity contribution in [1.82, 2.24) is 4.98 Å². The van der Waals surface area contributed by atoms with E-state index >= 15 is 0 Å². The quantitative estimate of drug-likeness (QED) is 0.696. The topological polar surface area (TPSA) is 33.2 Å². The zero-order valence-corrected chi connectivity index (χ0v) is 9.23. The highest BCUT2D eigenvalue weighted by Gasteiger charge is 2.13. The summed E-state index contributed by atoms with van der Waals surface area (Å²) in [5.41, 5.74) is 0.635. The summed E-state index contributed by atoms with van der Waals surface area (Å²) in [5, 5.41) is 0.905. The van der Waals surface area contributed by atoms with Gasteiger partial charge in [0.15, 0.2) is 10.9 Å². The molecule has 4 heteroatoms. The first-order valence-electron chi connectivity index (χ1n) is 4.24. The Morgan fingerprint density at radius 3 is 2.46 bits per heavy atom. The summed E-state index contributed by atoms with van der Waals surface area (Å²) in [6.07, 6.45) is 0.875. The third-order valence-electron chi connectivity index (χ3n) is 1.72. The molecule has 0 N–H and O–H groups in total. The van der Waals surface area contributed by atoms with Gasteiger partial charge >= 0.3 is 0 Å². The van der Waals surface area contributed by atoms with Crippen LogP contribution in [0.15, 0.2) is 0 Å². The summed E-state index contributed by atoms with van der Waals surface area (Å²) in [6.45, 7) is 3.60. The summed E-state index contributed by atoms with van der Waals surface area (Å²) in [4.78, 5) is 18.5. The van der Waals surface area contributed by atoms with Gasteiger partial charge < -0.3 is 4.90 Å². The molecule has 0 spiro atoms. The average Bonchev–Trinajstić information content (AvgIpc) is 2.47. The van der Waals surface area contributed by atoms with E-state index in [4.69, 9.17) is 0 Å². The van der Waals surface area contributed by atoms with Gasteiger partial charge in [-0.25, -0.2) is 4.98 Å². The number of carbonyl (C=O) groups excluding carboxylic acids is 1. The number of nitrogens with zero attached hydrogens (tertiary/aromatic N) is 2. The lowest BCUT2D eigenvalue weighted by atomic mass is 10.2. The first kappa shape index (κ1) is 10.2. The molecule has 0 amide bonds. The first-order chi connectivity index (χ1) is 6.06. The van der Waals surface area contributed by atoms with Gasteiger partial charge in [0.1, 0.15) is 5.69 Å². The molecule has 0 saturated carbocycles. The highest BCUT2D eigenvalue weighted by atomic mass is 32.1. The van der Waals surface area contributed by atoms with Crippen molar-refractivity contribution in [3.05, 3.63) is 10.6 Å². The highest BCUT2D eigenvalue weighted by Crippen LogP contribution is 2.25. The molecule has 0 bridgehead atoms. The third kappa shape index (κ3) is 2.06. The van der Waals surface area contributed by atoms with Crippen molar-refractivity contribution in [2.45, 2.75) is 20.3 Å². The Morgan fingerprint density at radius 2 is 2.15 bits per heavy atom. The summed E-state index contributed by atoms with van der Waals surface area (Å²) in [5.74, 6) is 0.0567. The van der Waals surface area contributed by atoms with Crippen LogP contribution >= 0.6 is 11.3 Å². The van der Waals surface area contributed by atoms with Crippen molar-refractivity contribution in [3.8, 4) is 0 Å². The fourth-order valence-corrected chi connectivity index (χ4v) is 2.02. The van der Waals surface area contributed by atoms with E-state index in [1.165, 1.54) is 0 Å². The number of Topliss-reactive ketones (excluding diaryl/α,β-unsaturated/α-hetero) is 1. The van der Waals surface area contributed by atoms with Gasteiger partial charge in [-0.15, -0.1) is 11.3 Å². The third-order valence-corrected chi connectivity index (χ3v) is 3.09. The maximum atomic E-state index is 11.2. The van der Waals surface area contributed by atoms with Gasteiger partial charge in [0.25, 0.3) is 0 Å². The summed E-state index contributed by atoms with van der Waals surface area (Å²) in [7, 11) is 3.87. The van der Waals surface area contributed by atoms with Gasteiger partial charge in [-0.3, -0.25) is 4.79 Å². The molecule has 1 rings (SSSR count). The van der Waals surface area contributed by atoms with Crippen molar-refractivity contribution in [1.29, 1.82) is 0 Å². The Morgan fingerprint density at radius 1 is 1.54 bits per heavy atom. The van der Waals surface area contributed by atoms with Crippen LogP contribution in [0.1, 0.15) is 29.2 Å².